The van der Waals surface area contributed by atoms with Gasteiger partial charge in [-0.05, 0) is 76.3 Å². The van der Waals surface area contributed by atoms with Crippen LogP contribution in [0.4, 0.5) is 4.39 Å². The van der Waals surface area contributed by atoms with Gasteiger partial charge >= 0.3 is 11.5 Å². The average molecular weight is 608 g/mol. The summed E-state index contributed by atoms with van der Waals surface area (Å²) in [5, 5.41) is 8.85. The van der Waals surface area contributed by atoms with Crippen LogP contribution in [-0.4, -0.2) is 56.6 Å². The van der Waals surface area contributed by atoms with Gasteiger partial charge in [0.1, 0.15) is 23.3 Å². The second kappa shape index (κ2) is 13.8. The number of halogens is 1. The Morgan fingerprint density at radius 2 is 1.89 bits per heavy atom. The van der Waals surface area contributed by atoms with Gasteiger partial charge in [0, 0.05) is 12.1 Å². The third-order valence-electron chi connectivity index (χ3n) is 8.27. The number of amides is 2. The number of likely N-dealkylation sites (tertiary alicyclic amines) is 1. The molecule has 0 saturated carbocycles. The van der Waals surface area contributed by atoms with Crippen molar-refractivity contribution in [3.63, 3.8) is 0 Å². The third kappa shape index (κ3) is 6.63. The predicted octanol–water partition coefficient (Wildman–Crippen LogP) is 4.62. The molecule has 1 aromatic carbocycles. The Hall–Kier alpha value is -4.61. The molecule has 0 unspecified atom stereocenters. The number of nitrogens with one attached hydrogen (secondary N) is 2. The highest BCUT2D eigenvalue weighted by molar-refractivity contribution is 5.96. The summed E-state index contributed by atoms with van der Waals surface area (Å²) in [6, 6.07) is 8.45. The van der Waals surface area contributed by atoms with Crippen LogP contribution in [0.25, 0.3) is 0 Å². The Bertz CT molecular complexity index is 1560. The Morgan fingerprint density at radius 1 is 1.14 bits per heavy atom. The maximum Gasteiger partial charge on any atom is 0.314 e. The van der Waals surface area contributed by atoms with Gasteiger partial charge in [0.15, 0.2) is 5.75 Å². The third-order valence-corrected chi connectivity index (χ3v) is 8.27. The van der Waals surface area contributed by atoms with Gasteiger partial charge in [0.25, 0.3) is 5.91 Å². The fourth-order valence-corrected chi connectivity index (χ4v) is 5.94. The monoisotopic (exact) mass is 607 g/mol. The second-order valence-electron chi connectivity index (χ2n) is 10.9. The molecule has 12 heteroatoms. The normalized spacial score (nSPS) is 17.2. The zero-order chi connectivity index (χ0) is 32.0. The first-order valence-electron chi connectivity index (χ1n) is 14.8. The van der Waals surface area contributed by atoms with E-state index < -0.39 is 46.7 Å². The highest BCUT2D eigenvalue weighted by Gasteiger charge is 2.53. The maximum absolute atomic E-state index is 14.3. The Morgan fingerprint density at radius 3 is 2.52 bits per heavy atom. The number of hydrogen-bond donors (Lipinski definition) is 2. The van der Waals surface area contributed by atoms with Crippen LogP contribution < -0.4 is 15.6 Å². The van der Waals surface area contributed by atoms with E-state index in [1.165, 1.54) is 36.5 Å². The van der Waals surface area contributed by atoms with Crippen LogP contribution in [0.15, 0.2) is 53.5 Å². The standard InChI is InChI=1S/C32H38FN5O6/c1-6-32(7-2,31(42)43-8-3)27-15-14-25(21-10-9-11-22(33)17-21)38(27)30(41)20(5)35-28(39)24-13-12-23(18-34-24)44-26-16-19(4)36-37-29(26)40/h9-13,16-18,20,25,27H,6-8,14-15H2,1-5H3,(H,35,39)(H,37,40)/t20-,25+,27-/m1/s1. The molecule has 11 nitrogen and oxygen atoms in total. The highest BCUT2D eigenvalue weighted by atomic mass is 19.1. The number of rotatable bonds is 11. The van der Waals surface area contributed by atoms with Gasteiger partial charge < -0.3 is 19.7 Å². The topological polar surface area (TPSA) is 144 Å². The molecule has 3 heterocycles. The molecule has 44 heavy (non-hydrogen) atoms. The minimum atomic E-state index is -0.996. The van der Waals surface area contributed by atoms with Crippen molar-refractivity contribution in [1.82, 2.24) is 25.4 Å². The average Bonchev–Trinajstić information content (AvgIpc) is 3.45. The molecule has 3 aromatic rings. The molecule has 0 bridgehead atoms. The van der Waals surface area contributed by atoms with Crippen LogP contribution in [0.1, 0.15) is 81.2 Å². The molecule has 1 fully saturated rings. The van der Waals surface area contributed by atoms with Crippen molar-refractivity contribution in [1.29, 1.82) is 0 Å². The number of benzene rings is 1. The van der Waals surface area contributed by atoms with Gasteiger partial charge in [0.05, 0.1) is 30.0 Å². The van der Waals surface area contributed by atoms with E-state index in [2.05, 4.69) is 20.5 Å². The molecule has 1 aliphatic rings. The summed E-state index contributed by atoms with van der Waals surface area (Å²) in [6.45, 7) is 9.01. The molecule has 1 saturated heterocycles. The molecule has 0 aliphatic carbocycles. The van der Waals surface area contributed by atoms with Crippen LogP contribution in [0.3, 0.4) is 0 Å². The van der Waals surface area contributed by atoms with Gasteiger partial charge in [-0.2, -0.15) is 5.10 Å². The summed E-state index contributed by atoms with van der Waals surface area (Å²) < 4.78 is 25.3. The van der Waals surface area contributed by atoms with Crippen LogP contribution in [0.2, 0.25) is 0 Å². The number of aryl methyl sites for hydroxylation is 1. The fourth-order valence-electron chi connectivity index (χ4n) is 5.94. The fraction of sp³-hybridized carbons (Fsp3) is 0.438. The molecular formula is C32H38FN5O6. The summed E-state index contributed by atoms with van der Waals surface area (Å²) >= 11 is 0. The lowest BCUT2D eigenvalue weighted by atomic mass is 9.74. The van der Waals surface area contributed by atoms with Crippen molar-refractivity contribution in [3.8, 4) is 11.5 Å². The Balaban J connectivity index is 1.57. The number of hydrogen-bond acceptors (Lipinski definition) is 8. The maximum atomic E-state index is 14.3. The number of aromatic amines is 1. The van der Waals surface area contributed by atoms with E-state index in [0.29, 0.717) is 36.9 Å². The molecule has 1 aliphatic heterocycles. The quantitative estimate of drug-likeness (QED) is 0.301. The zero-order valence-corrected chi connectivity index (χ0v) is 25.6. The number of nitrogens with zero attached hydrogens (tertiary/aromatic N) is 3. The van der Waals surface area contributed by atoms with E-state index >= 15 is 0 Å². The number of aromatic nitrogens is 3. The number of ether oxygens (including phenoxy) is 2. The number of esters is 1. The van der Waals surface area contributed by atoms with Gasteiger partial charge in [0.2, 0.25) is 5.91 Å². The molecule has 0 spiro atoms. The summed E-state index contributed by atoms with van der Waals surface area (Å²) in [6.07, 6.45) is 3.21. The van der Waals surface area contributed by atoms with Crippen LogP contribution in [0, 0.1) is 18.2 Å². The van der Waals surface area contributed by atoms with E-state index in [1.807, 2.05) is 13.8 Å². The van der Waals surface area contributed by atoms with Crippen LogP contribution in [0.5, 0.6) is 11.5 Å². The summed E-state index contributed by atoms with van der Waals surface area (Å²) in [5.41, 5.74) is -0.285. The van der Waals surface area contributed by atoms with E-state index in [1.54, 1.807) is 37.8 Å². The molecule has 2 aromatic heterocycles. The zero-order valence-electron chi connectivity index (χ0n) is 25.6. The van der Waals surface area contributed by atoms with Crippen molar-refractivity contribution in [3.05, 3.63) is 81.8 Å². The molecular weight excluding hydrogens is 569 g/mol. The number of carbonyl (C=O) groups excluding carboxylic acids is 3. The number of H-pyrrole nitrogens is 1. The SMILES string of the molecule is CCOC(=O)C(CC)(CC)[C@H]1CC[C@@H](c2cccc(F)c2)N1C(=O)[C@@H](C)NC(=O)c1ccc(Oc2cc(C)n[nH]c2=O)cn1. The molecule has 3 atom stereocenters. The largest absolute Gasteiger partial charge is 0.466 e. The lowest BCUT2D eigenvalue weighted by Gasteiger charge is -2.42. The molecule has 0 radical (unpaired) electrons. The Kier molecular flexibility index (Phi) is 10.1. The molecule has 4 rings (SSSR count). The summed E-state index contributed by atoms with van der Waals surface area (Å²) in [4.78, 5) is 58.4. The van der Waals surface area contributed by atoms with E-state index in [-0.39, 0.29) is 29.8 Å². The van der Waals surface area contributed by atoms with Gasteiger partial charge in [-0.1, -0.05) is 26.0 Å². The minimum Gasteiger partial charge on any atom is -0.466 e. The number of carbonyl (C=O) groups is 3. The molecule has 2 N–H and O–H groups in total. The molecule has 2 amide bonds. The van der Waals surface area contributed by atoms with Crippen LogP contribution >= 0.6 is 0 Å². The van der Waals surface area contributed by atoms with Crippen molar-refractivity contribution in [2.45, 2.75) is 78.4 Å². The van der Waals surface area contributed by atoms with Crippen molar-refractivity contribution < 1.29 is 28.2 Å². The molecule has 234 valence electrons. The highest BCUT2D eigenvalue weighted by Crippen LogP contribution is 2.47. The van der Waals surface area contributed by atoms with Crippen LogP contribution in [-0.2, 0) is 14.3 Å². The van der Waals surface area contributed by atoms with E-state index in [0.717, 1.165) is 0 Å². The first kappa shape index (κ1) is 32.3. The van der Waals surface area contributed by atoms with Crippen molar-refractivity contribution in [2.75, 3.05) is 6.61 Å². The smallest absolute Gasteiger partial charge is 0.314 e. The van der Waals surface area contributed by atoms with Gasteiger partial charge in [-0.15, -0.1) is 0 Å². The van der Waals surface area contributed by atoms with E-state index in [9.17, 15) is 23.6 Å². The van der Waals surface area contributed by atoms with Gasteiger partial charge in [-0.3, -0.25) is 19.2 Å². The number of pyridine rings is 1. The lowest BCUT2D eigenvalue weighted by Crippen LogP contribution is -2.56. The first-order valence-corrected chi connectivity index (χ1v) is 14.8. The summed E-state index contributed by atoms with van der Waals surface area (Å²) in [7, 11) is 0. The summed E-state index contributed by atoms with van der Waals surface area (Å²) in [5.74, 6) is -1.55. The van der Waals surface area contributed by atoms with E-state index in [4.69, 9.17) is 9.47 Å². The predicted molar refractivity (Wildman–Crippen MR) is 159 cm³/mol. The van der Waals surface area contributed by atoms with Crippen molar-refractivity contribution >= 4 is 17.8 Å². The van der Waals surface area contributed by atoms with Gasteiger partial charge in [-0.25, -0.2) is 14.5 Å². The lowest BCUT2D eigenvalue weighted by molar-refractivity contribution is -0.163. The first-order chi connectivity index (χ1) is 21.0. The minimum absolute atomic E-state index is 0.0273. The van der Waals surface area contributed by atoms with Crippen molar-refractivity contribution in [2.24, 2.45) is 5.41 Å². The second-order valence-corrected chi connectivity index (χ2v) is 10.9. The Labute approximate surface area is 255 Å².